The first kappa shape index (κ1) is 20.3. The summed E-state index contributed by atoms with van der Waals surface area (Å²) in [5, 5.41) is 3.11. The van der Waals surface area contributed by atoms with Gasteiger partial charge in [0.05, 0.1) is 0 Å². The number of rotatable bonds is 3. The summed E-state index contributed by atoms with van der Waals surface area (Å²) in [5.41, 5.74) is 5.72. The number of amides is 1. The first-order chi connectivity index (χ1) is 7.41. The third-order valence-corrected chi connectivity index (χ3v) is 3.76. The Hall–Kier alpha value is -0.0300. The van der Waals surface area contributed by atoms with Crippen LogP contribution in [0, 0.1) is 5.92 Å². The number of likely N-dealkylation sites (tertiary alicyclic amines) is 1. The van der Waals surface area contributed by atoms with Crippen LogP contribution in [-0.2, 0) is 4.79 Å². The smallest absolute Gasteiger partial charge is 0.224 e. The monoisotopic (exact) mass is 299 g/mol. The van der Waals surface area contributed by atoms with Gasteiger partial charge in [-0.2, -0.15) is 0 Å². The number of nitrogens with zero attached hydrogens (tertiary/aromatic N) is 1. The van der Waals surface area contributed by atoms with E-state index in [4.69, 9.17) is 5.73 Å². The fraction of sp³-hybridized carbons (Fsp3) is 0.917. The molecule has 18 heavy (non-hydrogen) atoms. The van der Waals surface area contributed by atoms with Crippen LogP contribution in [-0.4, -0.2) is 42.5 Å². The molecule has 0 bridgehead atoms. The molecule has 6 heteroatoms. The van der Waals surface area contributed by atoms with Crippen LogP contribution in [0.4, 0.5) is 0 Å². The Morgan fingerprint density at radius 1 is 1.39 bits per heavy atom. The second-order valence-corrected chi connectivity index (χ2v) is 5.21. The van der Waals surface area contributed by atoms with E-state index in [1.807, 2.05) is 13.8 Å². The Balaban J connectivity index is 0. The maximum Gasteiger partial charge on any atom is 0.224 e. The van der Waals surface area contributed by atoms with Crippen molar-refractivity contribution in [2.75, 3.05) is 13.6 Å². The van der Waals surface area contributed by atoms with Gasteiger partial charge in [-0.1, -0.05) is 6.92 Å². The second kappa shape index (κ2) is 8.97. The molecule has 4 atom stereocenters. The standard InChI is InChI=1S/C12H25N3O.2ClH/c1-8-7-11(5-6-15(8)4)14-12(16)9(2)10(3)13;;/h8-11H,5-7,13H2,1-4H3,(H,14,16);2*1H. The predicted molar refractivity (Wildman–Crippen MR) is 80.6 cm³/mol. The van der Waals surface area contributed by atoms with Crippen molar-refractivity contribution >= 4 is 30.7 Å². The number of piperidine rings is 1. The summed E-state index contributed by atoms with van der Waals surface area (Å²) in [4.78, 5) is 14.2. The van der Waals surface area contributed by atoms with E-state index in [1.54, 1.807) is 0 Å². The third kappa shape index (κ3) is 5.74. The highest BCUT2D eigenvalue weighted by atomic mass is 35.5. The molecule has 1 aliphatic rings. The van der Waals surface area contributed by atoms with Crippen LogP contribution in [0.1, 0.15) is 33.6 Å². The minimum atomic E-state index is -0.102. The summed E-state index contributed by atoms with van der Waals surface area (Å²) in [5.74, 6) is -0.00767. The lowest BCUT2D eigenvalue weighted by Gasteiger charge is -2.35. The molecule has 1 saturated heterocycles. The lowest BCUT2D eigenvalue weighted by atomic mass is 9.97. The van der Waals surface area contributed by atoms with E-state index in [-0.39, 0.29) is 42.7 Å². The van der Waals surface area contributed by atoms with Gasteiger partial charge in [0.1, 0.15) is 0 Å². The van der Waals surface area contributed by atoms with Gasteiger partial charge in [-0.25, -0.2) is 0 Å². The summed E-state index contributed by atoms with van der Waals surface area (Å²) < 4.78 is 0. The van der Waals surface area contributed by atoms with Gasteiger partial charge in [0, 0.05) is 30.6 Å². The molecule has 1 aliphatic heterocycles. The van der Waals surface area contributed by atoms with Gasteiger partial charge >= 0.3 is 0 Å². The molecule has 1 fully saturated rings. The predicted octanol–water partition coefficient (Wildman–Crippen LogP) is 1.41. The molecular formula is C12H27Cl2N3O. The fourth-order valence-corrected chi connectivity index (χ4v) is 1.99. The number of nitrogens with one attached hydrogen (secondary N) is 1. The van der Waals surface area contributed by atoms with Crippen molar-refractivity contribution < 1.29 is 4.79 Å². The third-order valence-electron chi connectivity index (χ3n) is 3.76. The molecule has 0 saturated carbocycles. The molecule has 0 aliphatic carbocycles. The van der Waals surface area contributed by atoms with Crippen LogP contribution in [0.2, 0.25) is 0 Å². The first-order valence-electron chi connectivity index (χ1n) is 6.18. The molecule has 110 valence electrons. The summed E-state index contributed by atoms with van der Waals surface area (Å²) >= 11 is 0. The molecule has 4 nitrogen and oxygen atoms in total. The average Bonchev–Trinajstić information content (AvgIpc) is 2.22. The highest BCUT2D eigenvalue weighted by molar-refractivity contribution is 5.85. The molecular weight excluding hydrogens is 273 g/mol. The van der Waals surface area contributed by atoms with Gasteiger partial charge in [0.25, 0.3) is 0 Å². The number of carbonyl (C=O) groups is 1. The molecule has 1 heterocycles. The average molecular weight is 300 g/mol. The maximum absolute atomic E-state index is 11.8. The van der Waals surface area contributed by atoms with Gasteiger partial charge in [-0.15, -0.1) is 24.8 Å². The van der Waals surface area contributed by atoms with Gasteiger partial charge in [-0.3, -0.25) is 4.79 Å². The molecule has 0 spiro atoms. The molecule has 0 aromatic rings. The first-order valence-corrected chi connectivity index (χ1v) is 6.18. The van der Waals surface area contributed by atoms with Gasteiger partial charge in [0.2, 0.25) is 5.91 Å². The Kier molecular flexibility index (Phi) is 10.1. The van der Waals surface area contributed by atoms with Gasteiger partial charge in [-0.05, 0) is 33.7 Å². The fourth-order valence-electron chi connectivity index (χ4n) is 1.99. The molecule has 1 amide bonds. The van der Waals surface area contributed by atoms with Crippen LogP contribution in [0.5, 0.6) is 0 Å². The molecule has 0 aromatic carbocycles. The summed E-state index contributed by atoms with van der Waals surface area (Å²) in [6, 6.07) is 0.785. The SMILES string of the molecule is CC(N)C(C)C(=O)NC1CCN(C)C(C)C1.Cl.Cl. The van der Waals surface area contributed by atoms with E-state index >= 15 is 0 Å². The number of carbonyl (C=O) groups excluding carboxylic acids is 1. The van der Waals surface area contributed by atoms with Crippen molar-refractivity contribution in [1.29, 1.82) is 0 Å². The minimum absolute atomic E-state index is 0. The molecule has 3 N–H and O–H groups in total. The van der Waals surface area contributed by atoms with Crippen LogP contribution >= 0.6 is 24.8 Å². The van der Waals surface area contributed by atoms with Crippen LogP contribution < -0.4 is 11.1 Å². The largest absolute Gasteiger partial charge is 0.353 e. The zero-order chi connectivity index (χ0) is 12.3. The second-order valence-electron chi connectivity index (χ2n) is 5.21. The number of hydrogen-bond acceptors (Lipinski definition) is 3. The number of nitrogens with two attached hydrogens (primary N) is 1. The minimum Gasteiger partial charge on any atom is -0.353 e. The van der Waals surface area contributed by atoms with Gasteiger partial charge < -0.3 is 16.0 Å². The Morgan fingerprint density at radius 2 is 1.94 bits per heavy atom. The summed E-state index contributed by atoms with van der Waals surface area (Å²) in [7, 11) is 2.13. The van der Waals surface area contributed by atoms with Crippen molar-refractivity contribution in [3.05, 3.63) is 0 Å². The van der Waals surface area contributed by atoms with E-state index in [1.165, 1.54) is 0 Å². The van der Waals surface area contributed by atoms with E-state index < -0.39 is 0 Å². The van der Waals surface area contributed by atoms with E-state index in [9.17, 15) is 4.79 Å². The van der Waals surface area contributed by atoms with Crippen LogP contribution in [0.15, 0.2) is 0 Å². The quantitative estimate of drug-likeness (QED) is 0.828. The summed E-state index contributed by atoms with van der Waals surface area (Å²) in [6.45, 7) is 7.02. The zero-order valence-electron chi connectivity index (χ0n) is 11.7. The van der Waals surface area contributed by atoms with Crippen LogP contribution in [0.25, 0.3) is 0 Å². The molecule has 1 rings (SSSR count). The van der Waals surface area contributed by atoms with Crippen molar-refractivity contribution in [3.63, 3.8) is 0 Å². The zero-order valence-corrected chi connectivity index (χ0v) is 13.3. The highest BCUT2D eigenvalue weighted by Crippen LogP contribution is 2.15. The lowest BCUT2D eigenvalue weighted by Crippen LogP contribution is -2.50. The maximum atomic E-state index is 11.8. The normalized spacial score (nSPS) is 27.4. The Morgan fingerprint density at radius 3 is 2.39 bits per heavy atom. The number of hydrogen-bond donors (Lipinski definition) is 2. The number of halogens is 2. The molecule has 4 unspecified atom stereocenters. The Labute approximate surface area is 123 Å². The lowest BCUT2D eigenvalue weighted by molar-refractivity contribution is -0.126. The van der Waals surface area contributed by atoms with Gasteiger partial charge in [0.15, 0.2) is 0 Å². The van der Waals surface area contributed by atoms with E-state index in [0.29, 0.717) is 12.1 Å². The molecule has 0 aromatic heterocycles. The van der Waals surface area contributed by atoms with Crippen molar-refractivity contribution in [3.8, 4) is 0 Å². The van der Waals surface area contributed by atoms with Crippen LogP contribution in [0.3, 0.4) is 0 Å². The van der Waals surface area contributed by atoms with E-state index in [0.717, 1.165) is 19.4 Å². The Bertz CT molecular complexity index is 251. The topological polar surface area (TPSA) is 58.4 Å². The highest BCUT2D eigenvalue weighted by Gasteiger charge is 2.26. The summed E-state index contributed by atoms with van der Waals surface area (Å²) in [6.07, 6.45) is 2.08. The van der Waals surface area contributed by atoms with Crippen molar-refractivity contribution in [2.24, 2.45) is 11.7 Å². The van der Waals surface area contributed by atoms with Crippen molar-refractivity contribution in [2.45, 2.75) is 51.7 Å². The van der Waals surface area contributed by atoms with E-state index in [2.05, 4.69) is 24.2 Å². The molecule has 0 radical (unpaired) electrons. The van der Waals surface area contributed by atoms with Crippen molar-refractivity contribution in [1.82, 2.24) is 10.2 Å².